The molecular formula is C23H24S2. The molecule has 0 saturated carbocycles. The van der Waals surface area contributed by atoms with Crippen LogP contribution < -0.4 is 0 Å². The van der Waals surface area contributed by atoms with Gasteiger partial charge in [0.05, 0.1) is 0 Å². The molecule has 0 saturated heterocycles. The summed E-state index contributed by atoms with van der Waals surface area (Å²) in [5.41, 5.74) is 0. The normalized spacial score (nSPS) is 12.6. The van der Waals surface area contributed by atoms with Crippen LogP contribution in [0.5, 0.6) is 0 Å². The molecule has 0 fully saturated rings. The van der Waals surface area contributed by atoms with Gasteiger partial charge in [-0.15, -0.1) is 0 Å². The van der Waals surface area contributed by atoms with E-state index < -0.39 is 0 Å². The molecule has 0 heterocycles. The SMILES string of the molecule is C/C=C\C=C/C/C=C\C=C(\C)Sc1ccc(Sc2ccccc2)cc1. The molecule has 0 spiro atoms. The summed E-state index contributed by atoms with van der Waals surface area (Å²) in [7, 11) is 0. The first-order valence-corrected chi connectivity index (χ1v) is 10.0. The Balaban J connectivity index is 1.83. The Kier molecular flexibility index (Phi) is 9.03. The second kappa shape index (κ2) is 11.6. The van der Waals surface area contributed by atoms with Crippen LogP contribution in [0.3, 0.4) is 0 Å². The molecule has 0 aliphatic rings. The molecule has 25 heavy (non-hydrogen) atoms. The lowest BCUT2D eigenvalue weighted by Crippen LogP contribution is -1.75. The van der Waals surface area contributed by atoms with E-state index in [9.17, 15) is 0 Å². The first-order chi connectivity index (χ1) is 12.3. The number of benzene rings is 2. The van der Waals surface area contributed by atoms with Gasteiger partial charge in [-0.1, -0.05) is 84.3 Å². The van der Waals surface area contributed by atoms with Crippen molar-refractivity contribution < 1.29 is 0 Å². The van der Waals surface area contributed by atoms with Crippen molar-refractivity contribution in [2.45, 2.75) is 35.0 Å². The summed E-state index contributed by atoms with van der Waals surface area (Å²) in [5.74, 6) is 0. The third-order valence-electron chi connectivity index (χ3n) is 3.26. The summed E-state index contributed by atoms with van der Waals surface area (Å²) in [4.78, 5) is 5.10. The molecule has 0 atom stereocenters. The van der Waals surface area contributed by atoms with Crippen molar-refractivity contribution in [3.05, 3.63) is 102 Å². The van der Waals surface area contributed by atoms with Crippen molar-refractivity contribution in [3.8, 4) is 0 Å². The van der Waals surface area contributed by atoms with E-state index in [0.29, 0.717) is 0 Å². The van der Waals surface area contributed by atoms with Crippen LogP contribution in [0, 0.1) is 0 Å². The first kappa shape index (κ1) is 19.4. The number of hydrogen-bond acceptors (Lipinski definition) is 2. The van der Waals surface area contributed by atoms with E-state index in [4.69, 9.17) is 0 Å². The van der Waals surface area contributed by atoms with Crippen LogP contribution in [0.1, 0.15) is 20.3 Å². The number of thioether (sulfide) groups is 1. The fourth-order valence-corrected chi connectivity index (χ4v) is 3.68. The van der Waals surface area contributed by atoms with E-state index in [2.05, 4.69) is 85.8 Å². The van der Waals surface area contributed by atoms with Crippen molar-refractivity contribution in [1.82, 2.24) is 0 Å². The molecule has 0 amide bonds. The molecule has 0 aliphatic heterocycles. The summed E-state index contributed by atoms with van der Waals surface area (Å²) in [6, 6.07) is 19.2. The molecule has 2 aromatic rings. The molecule has 0 bridgehead atoms. The van der Waals surface area contributed by atoms with E-state index in [-0.39, 0.29) is 0 Å². The highest BCUT2D eigenvalue weighted by Gasteiger charge is 1.99. The lowest BCUT2D eigenvalue weighted by Gasteiger charge is -2.04. The highest BCUT2D eigenvalue weighted by molar-refractivity contribution is 8.03. The van der Waals surface area contributed by atoms with E-state index in [0.717, 1.165) is 6.42 Å². The summed E-state index contributed by atoms with van der Waals surface area (Å²) >= 11 is 3.60. The van der Waals surface area contributed by atoms with Gasteiger partial charge in [-0.05, 0) is 61.6 Å². The fraction of sp³-hybridized carbons (Fsp3) is 0.130. The van der Waals surface area contributed by atoms with E-state index in [1.807, 2.05) is 25.1 Å². The largest absolute Gasteiger partial charge is 0.0949 e. The molecule has 0 radical (unpaired) electrons. The Bertz CT molecular complexity index is 735. The lowest BCUT2D eigenvalue weighted by atomic mass is 10.3. The summed E-state index contributed by atoms with van der Waals surface area (Å²) in [6.07, 6.45) is 15.7. The molecule has 2 rings (SSSR count). The minimum atomic E-state index is 0.962. The molecule has 0 aliphatic carbocycles. The minimum absolute atomic E-state index is 0.962. The summed E-state index contributed by atoms with van der Waals surface area (Å²) < 4.78 is 0. The van der Waals surface area contributed by atoms with Crippen LogP contribution in [0.15, 0.2) is 117 Å². The second-order valence-electron chi connectivity index (χ2n) is 5.38. The van der Waals surface area contributed by atoms with Gasteiger partial charge >= 0.3 is 0 Å². The van der Waals surface area contributed by atoms with Crippen LogP contribution in [0.25, 0.3) is 0 Å². The van der Waals surface area contributed by atoms with Gasteiger partial charge in [-0.25, -0.2) is 0 Å². The Morgan fingerprint density at radius 2 is 1.44 bits per heavy atom. The molecule has 0 N–H and O–H groups in total. The van der Waals surface area contributed by atoms with Crippen molar-refractivity contribution >= 4 is 23.5 Å². The lowest BCUT2D eigenvalue weighted by molar-refractivity contribution is 1.34. The zero-order valence-corrected chi connectivity index (χ0v) is 16.4. The van der Waals surface area contributed by atoms with Crippen LogP contribution in [-0.2, 0) is 0 Å². The van der Waals surface area contributed by atoms with Gasteiger partial charge in [-0.3, -0.25) is 0 Å². The van der Waals surface area contributed by atoms with Gasteiger partial charge in [0.15, 0.2) is 0 Å². The topological polar surface area (TPSA) is 0 Å². The van der Waals surface area contributed by atoms with Crippen molar-refractivity contribution in [2.75, 3.05) is 0 Å². The minimum Gasteiger partial charge on any atom is -0.0949 e. The number of rotatable bonds is 8. The average Bonchev–Trinajstić information content (AvgIpc) is 2.63. The number of allylic oxidation sites excluding steroid dienone is 8. The fourth-order valence-electron chi connectivity index (χ4n) is 2.05. The average molecular weight is 365 g/mol. The predicted molar refractivity (Wildman–Crippen MR) is 114 cm³/mol. The van der Waals surface area contributed by atoms with Crippen molar-refractivity contribution in [3.63, 3.8) is 0 Å². The van der Waals surface area contributed by atoms with Crippen LogP contribution in [0.2, 0.25) is 0 Å². The van der Waals surface area contributed by atoms with Crippen LogP contribution >= 0.6 is 23.5 Å². The molecule has 0 nitrogen and oxygen atoms in total. The maximum atomic E-state index is 2.19. The van der Waals surface area contributed by atoms with E-state index >= 15 is 0 Å². The molecule has 2 aromatic carbocycles. The molecule has 0 unspecified atom stereocenters. The maximum Gasteiger partial charge on any atom is 0.0123 e. The van der Waals surface area contributed by atoms with Crippen LogP contribution in [-0.4, -0.2) is 0 Å². The summed E-state index contributed by atoms with van der Waals surface area (Å²) in [6.45, 7) is 4.17. The molecular weight excluding hydrogens is 340 g/mol. The van der Waals surface area contributed by atoms with Crippen molar-refractivity contribution in [2.24, 2.45) is 0 Å². The standard InChI is InChI=1S/C23H24S2/c1-3-4-5-6-7-8-10-13-20(2)24-22-16-18-23(19-17-22)25-21-14-11-9-12-15-21/h3-6,8-19H,7H2,1-2H3/b4-3-,6-5-,10-8-,20-13-. The quantitative estimate of drug-likeness (QED) is 0.345. The van der Waals surface area contributed by atoms with Gasteiger partial charge in [0.2, 0.25) is 0 Å². The van der Waals surface area contributed by atoms with Gasteiger partial charge in [-0.2, -0.15) is 0 Å². The zero-order chi connectivity index (χ0) is 17.7. The Morgan fingerprint density at radius 1 is 0.800 bits per heavy atom. The van der Waals surface area contributed by atoms with Gasteiger partial charge in [0.1, 0.15) is 0 Å². The second-order valence-corrected chi connectivity index (χ2v) is 7.85. The Morgan fingerprint density at radius 3 is 2.16 bits per heavy atom. The van der Waals surface area contributed by atoms with Crippen LogP contribution in [0.4, 0.5) is 0 Å². The Labute approximate surface area is 160 Å². The van der Waals surface area contributed by atoms with E-state index in [1.165, 1.54) is 19.6 Å². The number of hydrogen-bond donors (Lipinski definition) is 0. The monoisotopic (exact) mass is 364 g/mol. The molecule has 128 valence electrons. The first-order valence-electron chi connectivity index (χ1n) is 8.40. The highest BCUT2D eigenvalue weighted by Crippen LogP contribution is 2.31. The summed E-state index contributed by atoms with van der Waals surface area (Å²) in [5, 5.41) is 0. The third-order valence-corrected chi connectivity index (χ3v) is 5.24. The maximum absolute atomic E-state index is 2.19. The predicted octanol–water partition coefficient (Wildman–Crippen LogP) is 7.91. The van der Waals surface area contributed by atoms with Gasteiger partial charge < -0.3 is 0 Å². The van der Waals surface area contributed by atoms with Gasteiger partial charge in [0.25, 0.3) is 0 Å². The molecule has 0 aromatic heterocycles. The molecule has 2 heteroatoms. The third kappa shape index (κ3) is 8.15. The van der Waals surface area contributed by atoms with Gasteiger partial charge in [0, 0.05) is 14.7 Å². The smallest absolute Gasteiger partial charge is 0.0123 e. The Hall–Kier alpha value is -1.90. The van der Waals surface area contributed by atoms with Crippen molar-refractivity contribution in [1.29, 1.82) is 0 Å². The highest BCUT2D eigenvalue weighted by atomic mass is 32.2. The zero-order valence-electron chi connectivity index (χ0n) is 14.8. The van der Waals surface area contributed by atoms with E-state index in [1.54, 1.807) is 23.5 Å².